The first-order valence-corrected chi connectivity index (χ1v) is 5.12. The molecule has 1 aliphatic rings. The number of hydrogen-bond donors (Lipinski definition) is 2. The molecule has 1 unspecified atom stereocenters. The van der Waals surface area contributed by atoms with Gasteiger partial charge in [-0.05, 0) is 31.7 Å². The Bertz CT molecular complexity index is 170. The number of aliphatic hydroxyl groups excluding tert-OH is 1. The molecule has 3 nitrogen and oxygen atoms in total. The lowest BCUT2D eigenvalue weighted by Crippen LogP contribution is -2.34. The van der Waals surface area contributed by atoms with Crippen LogP contribution in [-0.4, -0.2) is 24.3 Å². The maximum Gasteiger partial charge on any atom is 0.0981 e. The van der Waals surface area contributed by atoms with Crippen molar-refractivity contribution in [2.45, 2.75) is 38.1 Å². The highest BCUT2D eigenvalue weighted by molar-refractivity contribution is 4.96. The molecule has 2 N–H and O–H groups in total. The minimum absolute atomic E-state index is 0.00838. The minimum atomic E-state index is 0.00838. The van der Waals surface area contributed by atoms with E-state index in [2.05, 4.69) is 11.4 Å². The van der Waals surface area contributed by atoms with Crippen LogP contribution in [0.1, 0.15) is 32.1 Å². The fraction of sp³-hybridized carbons (Fsp3) is 0.900. The lowest BCUT2D eigenvalue weighted by molar-refractivity contribution is 0.281. The molecular formula is C10H18N2O. The first kappa shape index (κ1) is 10.5. The van der Waals surface area contributed by atoms with Crippen molar-refractivity contribution in [3.05, 3.63) is 0 Å². The standard InChI is InChI=1S/C10H18N2O/c11-8-10(12-6-3-7-13)9-4-1-2-5-9/h9-10,12-13H,1-7H2. The summed E-state index contributed by atoms with van der Waals surface area (Å²) in [6, 6.07) is 2.32. The highest BCUT2D eigenvalue weighted by Gasteiger charge is 2.23. The molecule has 0 aromatic heterocycles. The third-order valence-corrected chi connectivity index (χ3v) is 2.71. The van der Waals surface area contributed by atoms with Crippen molar-refractivity contribution >= 4 is 0 Å². The molecule has 1 rings (SSSR count). The molecule has 3 heteroatoms. The number of nitrogens with one attached hydrogen (secondary N) is 1. The fourth-order valence-corrected chi connectivity index (χ4v) is 1.95. The molecule has 1 fully saturated rings. The van der Waals surface area contributed by atoms with Gasteiger partial charge in [-0.2, -0.15) is 5.26 Å². The summed E-state index contributed by atoms with van der Waals surface area (Å²) in [5.74, 6) is 0.545. The molecule has 0 aromatic carbocycles. The molecule has 0 amide bonds. The van der Waals surface area contributed by atoms with Crippen LogP contribution in [0.4, 0.5) is 0 Å². The summed E-state index contributed by atoms with van der Waals surface area (Å²) >= 11 is 0. The quantitative estimate of drug-likeness (QED) is 0.625. The van der Waals surface area contributed by atoms with E-state index in [4.69, 9.17) is 10.4 Å². The van der Waals surface area contributed by atoms with Crippen molar-refractivity contribution in [1.82, 2.24) is 5.32 Å². The van der Waals surface area contributed by atoms with E-state index in [1.165, 1.54) is 25.7 Å². The van der Waals surface area contributed by atoms with Gasteiger partial charge in [-0.25, -0.2) is 0 Å². The summed E-state index contributed by atoms with van der Waals surface area (Å²) < 4.78 is 0. The Morgan fingerprint density at radius 3 is 2.69 bits per heavy atom. The highest BCUT2D eigenvalue weighted by Crippen LogP contribution is 2.27. The SMILES string of the molecule is N#CC(NCCCO)C1CCCC1. The molecule has 0 heterocycles. The van der Waals surface area contributed by atoms with E-state index in [-0.39, 0.29) is 12.6 Å². The second kappa shape index (κ2) is 5.95. The number of rotatable bonds is 5. The second-order valence-electron chi connectivity index (χ2n) is 3.68. The van der Waals surface area contributed by atoms with E-state index in [0.717, 1.165) is 13.0 Å². The van der Waals surface area contributed by atoms with E-state index in [1.54, 1.807) is 0 Å². The lowest BCUT2D eigenvalue weighted by Gasteiger charge is -2.17. The van der Waals surface area contributed by atoms with E-state index < -0.39 is 0 Å². The van der Waals surface area contributed by atoms with Crippen molar-refractivity contribution in [1.29, 1.82) is 5.26 Å². The van der Waals surface area contributed by atoms with Gasteiger partial charge in [0.1, 0.15) is 0 Å². The van der Waals surface area contributed by atoms with Crippen LogP contribution in [0, 0.1) is 17.2 Å². The van der Waals surface area contributed by atoms with E-state index in [9.17, 15) is 0 Å². The predicted molar refractivity (Wildman–Crippen MR) is 51.1 cm³/mol. The van der Waals surface area contributed by atoms with Crippen LogP contribution in [0.2, 0.25) is 0 Å². The molecular weight excluding hydrogens is 164 g/mol. The Hall–Kier alpha value is -0.590. The number of hydrogen-bond acceptors (Lipinski definition) is 3. The van der Waals surface area contributed by atoms with Gasteiger partial charge >= 0.3 is 0 Å². The van der Waals surface area contributed by atoms with Crippen LogP contribution in [0.15, 0.2) is 0 Å². The second-order valence-corrected chi connectivity index (χ2v) is 3.68. The molecule has 0 bridgehead atoms. The monoisotopic (exact) mass is 182 g/mol. The van der Waals surface area contributed by atoms with E-state index >= 15 is 0 Å². The molecule has 1 saturated carbocycles. The minimum Gasteiger partial charge on any atom is -0.396 e. The van der Waals surface area contributed by atoms with Crippen LogP contribution in [-0.2, 0) is 0 Å². The molecule has 0 radical (unpaired) electrons. The average Bonchev–Trinajstić information content (AvgIpc) is 2.65. The van der Waals surface area contributed by atoms with E-state index in [0.29, 0.717) is 5.92 Å². The Kier molecular flexibility index (Phi) is 4.81. The van der Waals surface area contributed by atoms with Crippen LogP contribution < -0.4 is 5.32 Å². The third-order valence-electron chi connectivity index (χ3n) is 2.71. The molecule has 0 aromatic rings. The Labute approximate surface area is 79.8 Å². The van der Waals surface area contributed by atoms with Gasteiger partial charge in [0, 0.05) is 6.61 Å². The van der Waals surface area contributed by atoms with E-state index in [1.807, 2.05) is 0 Å². The molecule has 13 heavy (non-hydrogen) atoms. The molecule has 74 valence electrons. The van der Waals surface area contributed by atoms with Crippen molar-refractivity contribution in [3.8, 4) is 6.07 Å². The van der Waals surface area contributed by atoms with Crippen LogP contribution in [0.25, 0.3) is 0 Å². The van der Waals surface area contributed by atoms with Gasteiger partial charge in [-0.15, -0.1) is 0 Å². The van der Waals surface area contributed by atoms with Crippen LogP contribution >= 0.6 is 0 Å². The molecule has 0 saturated heterocycles. The number of nitriles is 1. The molecule has 1 aliphatic carbocycles. The molecule has 1 atom stereocenters. The third kappa shape index (κ3) is 3.33. The van der Waals surface area contributed by atoms with Gasteiger partial charge in [-0.1, -0.05) is 12.8 Å². The zero-order valence-corrected chi connectivity index (χ0v) is 8.00. The summed E-state index contributed by atoms with van der Waals surface area (Å²) in [6.07, 6.45) is 5.65. The smallest absolute Gasteiger partial charge is 0.0981 e. The first-order chi connectivity index (χ1) is 6.38. The Balaban J connectivity index is 2.22. The Morgan fingerprint density at radius 1 is 1.46 bits per heavy atom. The fourth-order valence-electron chi connectivity index (χ4n) is 1.95. The van der Waals surface area contributed by atoms with Gasteiger partial charge < -0.3 is 10.4 Å². The largest absolute Gasteiger partial charge is 0.396 e. The maximum atomic E-state index is 8.91. The number of nitrogens with zero attached hydrogens (tertiary/aromatic N) is 1. The maximum absolute atomic E-state index is 8.91. The summed E-state index contributed by atoms with van der Waals surface area (Å²) in [7, 11) is 0. The summed E-state index contributed by atoms with van der Waals surface area (Å²) in [6.45, 7) is 0.959. The summed E-state index contributed by atoms with van der Waals surface area (Å²) in [5.41, 5.74) is 0. The van der Waals surface area contributed by atoms with Crippen molar-refractivity contribution < 1.29 is 5.11 Å². The van der Waals surface area contributed by atoms with Crippen LogP contribution in [0.5, 0.6) is 0 Å². The highest BCUT2D eigenvalue weighted by atomic mass is 16.3. The lowest BCUT2D eigenvalue weighted by atomic mass is 9.99. The molecule has 0 aliphatic heterocycles. The van der Waals surface area contributed by atoms with Gasteiger partial charge in [-0.3, -0.25) is 0 Å². The molecule has 0 spiro atoms. The van der Waals surface area contributed by atoms with Crippen molar-refractivity contribution in [2.24, 2.45) is 5.92 Å². The topological polar surface area (TPSA) is 56.0 Å². The zero-order chi connectivity index (χ0) is 9.52. The average molecular weight is 182 g/mol. The van der Waals surface area contributed by atoms with Crippen molar-refractivity contribution in [3.63, 3.8) is 0 Å². The van der Waals surface area contributed by atoms with Gasteiger partial charge in [0.05, 0.1) is 12.1 Å². The van der Waals surface area contributed by atoms with Crippen molar-refractivity contribution in [2.75, 3.05) is 13.2 Å². The summed E-state index contributed by atoms with van der Waals surface area (Å²) in [4.78, 5) is 0. The normalized spacial score (nSPS) is 20.0. The predicted octanol–water partition coefficient (Wildman–Crippen LogP) is 1.04. The summed E-state index contributed by atoms with van der Waals surface area (Å²) in [5, 5.41) is 20.7. The van der Waals surface area contributed by atoms with Gasteiger partial charge in [0.2, 0.25) is 0 Å². The van der Waals surface area contributed by atoms with Gasteiger partial charge in [0.15, 0.2) is 0 Å². The first-order valence-electron chi connectivity index (χ1n) is 5.12. The zero-order valence-electron chi connectivity index (χ0n) is 8.00. The van der Waals surface area contributed by atoms with Crippen LogP contribution in [0.3, 0.4) is 0 Å². The Morgan fingerprint density at radius 2 is 2.15 bits per heavy atom. The van der Waals surface area contributed by atoms with Gasteiger partial charge in [0.25, 0.3) is 0 Å². The number of aliphatic hydroxyl groups is 1.